The first-order chi connectivity index (χ1) is 15.1. The van der Waals surface area contributed by atoms with E-state index in [0.717, 1.165) is 77.0 Å². The van der Waals surface area contributed by atoms with Crippen LogP contribution in [0.15, 0.2) is 25.3 Å². The summed E-state index contributed by atoms with van der Waals surface area (Å²) in [6.45, 7) is 11.7. The highest BCUT2D eigenvalue weighted by molar-refractivity contribution is 5.87. The van der Waals surface area contributed by atoms with Crippen LogP contribution in [0.5, 0.6) is 0 Å². The van der Waals surface area contributed by atoms with E-state index in [1.165, 1.54) is 38.5 Å². The molecule has 0 saturated carbocycles. The predicted molar refractivity (Wildman–Crippen MR) is 133 cm³/mol. The quantitative estimate of drug-likeness (QED) is 0.0740. The topological polar surface area (TPSA) is 43.4 Å². The van der Waals surface area contributed by atoms with Gasteiger partial charge >= 0.3 is 11.9 Å². The summed E-state index contributed by atoms with van der Waals surface area (Å²) in [7, 11) is 0. The van der Waals surface area contributed by atoms with Crippen LogP contribution in [0.2, 0.25) is 0 Å². The lowest BCUT2D eigenvalue weighted by atomic mass is 9.94. The second kappa shape index (κ2) is 21.8. The van der Waals surface area contributed by atoms with Crippen LogP contribution in [-0.2, 0) is 14.3 Å². The maximum atomic E-state index is 12.7. The Hall–Kier alpha value is -1.38. The maximum absolute atomic E-state index is 12.7. The maximum Gasteiger partial charge on any atom is 0.316 e. The lowest BCUT2D eigenvalue weighted by molar-refractivity contribution is -0.166. The molecule has 0 bridgehead atoms. The van der Waals surface area contributed by atoms with Crippen molar-refractivity contribution in [2.75, 3.05) is 0 Å². The number of unbranched alkanes of at least 4 members (excludes halogenated alkanes) is 10. The number of hydrogen-bond donors (Lipinski definition) is 0. The molecule has 2 atom stereocenters. The van der Waals surface area contributed by atoms with Gasteiger partial charge in [0, 0.05) is 0 Å². The van der Waals surface area contributed by atoms with Crippen LogP contribution in [0.25, 0.3) is 0 Å². The summed E-state index contributed by atoms with van der Waals surface area (Å²) in [4.78, 5) is 25.3. The third-order valence-electron chi connectivity index (χ3n) is 6.06. The Morgan fingerprint density at radius 2 is 0.968 bits per heavy atom. The first-order valence-electron chi connectivity index (χ1n) is 13.1. The minimum Gasteiger partial charge on any atom is -0.393 e. The van der Waals surface area contributed by atoms with E-state index in [9.17, 15) is 9.59 Å². The molecule has 0 aliphatic rings. The number of esters is 2. The van der Waals surface area contributed by atoms with Gasteiger partial charge in [0.25, 0.3) is 0 Å². The van der Waals surface area contributed by atoms with E-state index in [0.29, 0.717) is 0 Å². The molecule has 0 saturated heterocycles. The summed E-state index contributed by atoms with van der Waals surface area (Å²) < 4.78 is 5.40. The molecule has 0 spiro atoms. The monoisotopic (exact) mass is 434 g/mol. The highest BCUT2D eigenvalue weighted by atomic mass is 16.6. The molecule has 0 aromatic carbocycles. The summed E-state index contributed by atoms with van der Waals surface area (Å²) in [5, 5.41) is 0. The van der Waals surface area contributed by atoms with Gasteiger partial charge in [0.1, 0.15) is 0 Å². The zero-order valence-electron chi connectivity index (χ0n) is 20.7. The van der Waals surface area contributed by atoms with E-state index in [-0.39, 0.29) is 23.8 Å². The lowest BCUT2D eigenvalue weighted by Gasteiger charge is -2.18. The van der Waals surface area contributed by atoms with Crippen molar-refractivity contribution in [2.45, 2.75) is 129 Å². The molecule has 0 aromatic rings. The summed E-state index contributed by atoms with van der Waals surface area (Å²) in [6, 6.07) is 0. The molecular formula is C28H50O3. The molecular weight excluding hydrogens is 384 g/mol. The first-order valence-corrected chi connectivity index (χ1v) is 13.1. The number of hydrogen-bond acceptors (Lipinski definition) is 3. The van der Waals surface area contributed by atoms with Gasteiger partial charge in [-0.15, -0.1) is 13.2 Å². The Bertz CT molecular complexity index is 427. The molecule has 0 aliphatic carbocycles. The number of ether oxygens (including phenoxy) is 1. The Morgan fingerprint density at radius 1 is 0.613 bits per heavy atom. The van der Waals surface area contributed by atoms with Gasteiger partial charge in [-0.2, -0.15) is 0 Å². The number of carbonyl (C=O) groups is 2. The van der Waals surface area contributed by atoms with Crippen molar-refractivity contribution in [3.63, 3.8) is 0 Å². The van der Waals surface area contributed by atoms with Gasteiger partial charge in [-0.25, -0.2) is 0 Å². The van der Waals surface area contributed by atoms with Gasteiger partial charge in [0.2, 0.25) is 0 Å². The predicted octanol–water partition coefficient (Wildman–Crippen LogP) is 8.72. The van der Waals surface area contributed by atoms with Gasteiger partial charge in [-0.1, -0.05) is 90.2 Å². The average Bonchev–Trinajstić information content (AvgIpc) is 2.76. The number of allylic oxidation sites excluding steroid dienone is 2. The smallest absolute Gasteiger partial charge is 0.316 e. The van der Waals surface area contributed by atoms with Gasteiger partial charge in [-0.05, 0) is 51.4 Å². The molecule has 0 amide bonds. The third kappa shape index (κ3) is 16.9. The molecule has 0 rings (SSSR count). The summed E-state index contributed by atoms with van der Waals surface area (Å²) in [6.07, 6.45) is 22.9. The third-order valence-corrected chi connectivity index (χ3v) is 6.06. The van der Waals surface area contributed by atoms with Crippen molar-refractivity contribution in [2.24, 2.45) is 11.8 Å². The Labute approximate surface area is 193 Å². The number of rotatable bonds is 22. The molecule has 3 heteroatoms. The van der Waals surface area contributed by atoms with Crippen molar-refractivity contribution in [3.05, 3.63) is 25.3 Å². The summed E-state index contributed by atoms with van der Waals surface area (Å²) in [5.74, 6) is -0.836. The van der Waals surface area contributed by atoms with Gasteiger partial charge in [0.15, 0.2) is 0 Å². The second-order valence-corrected chi connectivity index (χ2v) is 8.98. The first kappa shape index (κ1) is 29.6. The molecule has 0 fully saturated rings. The lowest BCUT2D eigenvalue weighted by Crippen LogP contribution is -2.26. The molecule has 0 heterocycles. The van der Waals surface area contributed by atoms with Gasteiger partial charge in [-0.3, -0.25) is 9.59 Å². The minimum atomic E-state index is -0.288. The fourth-order valence-electron chi connectivity index (χ4n) is 4.14. The van der Waals surface area contributed by atoms with Crippen LogP contribution in [0, 0.1) is 11.8 Å². The van der Waals surface area contributed by atoms with Crippen LogP contribution in [0.4, 0.5) is 0 Å². The molecule has 3 nitrogen and oxygen atoms in total. The average molecular weight is 435 g/mol. The van der Waals surface area contributed by atoms with Crippen molar-refractivity contribution in [1.82, 2.24) is 0 Å². The molecule has 31 heavy (non-hydrogen) atoms. The fraction of sp³-hybridized carbons (Fsp3) is 0.786. The molecule has 0 N–H and O–H groups in total. The van der Waals surface area contributed by atoms with Crippen molar-refractivity contribution in [1.29, 1.82) is 0 Å². The fourth-order valence-corrected chi connectivity index (χ4v) is 4.14. The highest BCUT2D eigenvalue weighted by Crippen LogP contribution is 2.22. The van der Waals surface area contributed by atoms with Crippen LogP contribution in [0.3, 0.4) is 0 Å². The van der Waals surface area contributed by atoms with Crippen LogP contribution >= 0.6 is 0 Å². The van der Waals surface area contributed by atoms with Crippen LogP contribution < -0.4 is 0 Å². The normalized spacial score (nSPS) is 12.8. The SMILES string of the molecule is C=CCCCCCCCC(CCC)C(=O)OC(=O)C(CCC)CCCCCCCC=C. The Kier molecular flexibility index (Phi) is 20.9. The molecule has 180 valence electrons. The van der Waals surface area contributed by atoms with E-state index in [1.54, 1.807) is 0 Å². The largest absolute Gasteiger partial charge is 0.393 e. The molecule has 2 unspecified atom stereocenters. The van der Waals surface area contributed by atoms with E-state index < -0.39 is 0 Å². The van der Waals surface area contributed by atoms with Crippen LogP contribution in [-0.4, -0.2) is 11.9 Å². The highest BCUT2D eigenvalue weighted by Gasteiger charge is 2.26. The van der Waals surface area contributed by atoms with Gasteiger partial charge < -0.3 is 4.74 Å². The number of carbonyl (C=O) groups excluding carboxylic acids is 2. The van der Waals surface area contributed by atoms with E-state index in [4.69, 9.17) is 4.74 Å². The zero-order chi connectivity index (χ0) is 23.2. The summed E-state index contributed by atoms with van der Waals surface area (Å²) in [5.41, 5.74) is 0. The van der Waals surface area contributed by atoms with Crippen LogP contribution in [0.1, 0.15) is 129 Å². The Balaban J connectivity index is 4.33. The molecule has 0 aliphatic heterocycles. The van der Waals surface area contributed by atoms with Crippen molar-refractivity contribution < 1.29 is 14.3 Å². The van der Waals surface area contributed by atoms with E-state index in [1.807, 2.05) is 12.2 Å². The van der Waals surface area contributed by atoms with Crippen molar-refractivity contribution >= 4 is 11.9 Å². The standard InChI is InChI=1S/C28H50O3/c1-5-9-11-13-15-17-19-23-25(21-7-3)27(29)31-28(30)26(22-8-4)24-20-18-16-14-12-10-6-2/h5-6,25-26H,1-2,7-24H2,3-4H3. The van der Waals surface area contributed by atoms with Crippen molar-refractivity contribution in [3.8, 4) is 0 Å². The minimum absolute atomic E-state index is 0.130. The summed E-state index contributed by atoms with van der Waals surface area (Å²) >= 11 is 0. The molecule has 0 radical (unpaired) electrons. The van der Waals surface area contributed by atoms with E-state index in [2.05, 4.69) is 27.0 Å². The second-order valence-electron chi connectivity index (χ2n) is 8.98. The molecule has 0 aromatic heterocycles. The van der Waals surface area contributed by atoms with E-state index >= 15 is 0 Å². The van der Waals surface area contributed by atoms with Gasteiger partial charge in [0.05, 0.1) is 11.8 Å². The Morgan fingerprint density at radius 3 is 1.32 bits per heavy atom. The zero-order valence-corrected chi connectivity index (χ0v) is 20.7.